The van der Waals surface area contributed by atoms with Crippen molar-refractivity contribution >= 4 is 32.9 Å². The van der Waals surface area contributed by atoms with Gasteiger partial charge in [0.1, 0.15) is 0 Å². The van der Waals surface area contributed by atoms with Crippen molar-refractivity contribution in [1.29, 1.82) is 0 Å². The Morgan fingerprint density at radius 3 is 2.27 bits per heavy atom. The second-order valence-corrected chi connectivity index (χ2v) is 7.71. The van der Waals surface area contributed by atoms with Crippen molar-refractivity contribution in [2.75, 3.05) is 26.4 Å². The number of carboxylic acid groups (broad SMARTS) is 2. The lowest BCUT2D eigenvalue weighted by molar-refractivity contribution is -0.159. The molecule has 10 heteroatoms. The molecule has 0 amide bonds. The minimum atomic E-state index is -3.41. The molecule has 1 aromatic heterocycles. The molecule has 2 aromatic rings. The van der Waals surface area contributed by atoms with Gasteiger partial charge in [0.25, 0.3) is 0 Å². The fraction of sp³-hybridized carbons (Fsp3) is 0.375. The number of aryl methyl sites for hydroxylation is 1. The highest BCUT2D eigenvalue weighted by atomic mass is 32.2. The first-order chi connectivity index (χ1) is 12.0. The minimum absolute atomic E-state index is 0.0179. The molecule has 0 aliphatic heterocycles. The summed E-state index contributed by atoms with van der Waals surface area (Å²) in [6.07, 6.45) is 3.44. The third-order valence-electron chi connectivity index (χ3n) is 3.52. The number of carboxylic acids is 2. The number of nitrogens with zero attached hydrogens (tertiary/aromatic N) is 1. The number of primary sulfonamides is 1. The minimum Gasteiger partial charge on any atom is -0.473 e. The van der Waals surface area contributed by atoms with E-state index in [0.29, 0.717) is 6.42 Å². The van der Waals surface area contributed by atoms with E-state index in [-0.39, 0.29) is 5.75 Å². The number of benzene rings is 1. The number of rotatable bonds is 6. The van der Waals surface area contributed by atoms with Gasteiger partial charge in [-0.25, -0.2) is 23.1 Å². The summed E-state index contributed by atoms with van der Waals surface area (Å²) in [7, 11) is 0.688. The van der Waals surface area contributed by atoms with Crippen LogP contribution in [0.15, 0.2) is 24.4 Å². The van der Waals surface area contributed by atoms with Crippen molar-refractivity contribution in [2.45, 2.75) is 12.8 Å². The van der Waals surface area contributed by atoms with Crippen molar-refractivity contribution in [3.05, 3.63) is 35.5 Å². The van der Waals surface area contributed by atoms with E-state index in [2.05, 4.69) is 16.0 Å². The van der Waals surface area contributed by atoms with Gasteiger partial charge >= 0.3 is 11.9 Å². The number of hydrogen-bond acceptors (Lipinski definition) is 5. The number of fused-ring (bicyclic) bond motifs is 1. The van der Waals surface area contributed by atoms with Gasteiger partial charge in [-0.15, -0.1) is 0 Å². The zero-order valence-electron chi connectivity index (χ0n) is 14.6. The van der Waals surface area contributed by atoms with E-state index in [1.54, 1.807) is 0 Å². The molecular weight excluding hydrogens is 362 g/mol. The third-order valence-corrected chi connectivity index (χ3v) is 4.29. The van der Waals surface area contributed by atoms with Gasteiger partial charge in [0.2, 0.25) is 10.0 Å². The number of likely N-dealkylation sites (N-methyl/N-ethyl adjacent to an activating group) is 1. The molecular formula is C16H23N3O6S. The molecule has 0 spiro atoms. The van der Waals surface area contributed by atoms with E-state index >= 15 is 0 Å². The topological polar surface area (TPSA) is 154 Å². The lowest BCUT2D eigenvalue weighted by atomic mass is 10.1. The standard InChI is InChI=1S/C14H21N3O2S.C2H2O4/c1-17(2)7-5-12-10-16-14-4-3-11(9-13(12)14)6-8-20(15,18)19;3-1(4)2(5)6/h3-4,9-10,16H,5-8H2,1-2H3,(H2,15,18,19);(H,3,4)(H,5,6). The average Bonchev–Trinajstić information content (AvgIpc) is 2.93. The number of carbonyl (C=O) groups is 2. The molecule has 0 radical (unpaired) electrons. The van der Waals surface area contributed by atoms with E-state index in [1.165, 1.54) is 10.9 Å². The lowest BCUT2D eigenvalue weighted by Crippen LogP contribution is -2.17. The van der Waals surface area contributed by atoms with Crippen molar-refractivity contribution in [3.8, 4) is 0 Å². The third kappa shape index (κ3) is 7.64. The molecule has 144 valence electrons. The predicted octanol–water partition coefficient (Wildman–Crippen LogP) is 0.259. The number of sulfonamides is 1. The highest BCUT2D eigenvalue weighted by Gasteiger charge is 2.08. The largest absolute Gasteiger partial charge is 0.473 e. The molecule has 0 fully saturated rings. The molecule has 0 aliphatic carbocycles. The maximum atomic E-state index is 11.0. The van der Waals surface area contributed by atoms with Gasteiger partial charge in [-0.05, 0) is 50.2 Å². The Labute approximate surface area is 151 Å². The summed E-state index contributed by atoms with van der Waals surface area (Å²) in [5.41, 5.74) is 3.33. The monoisotopic (exact) mass is 385 g/mol. The lowest BCUT2D eigenvalue weighted by Gasteiger charge is -2.08. The normalized spacial score (nSPS) is 11.2. The Hall–Kier alpha value is -2.43. The summed E-state index contributed by atoms with van der Waals surface area (Å²) in [5.74, 6) is -3.67. The van der Waals surface area contributed by atoms with Crippen LogP contribution in [-0.4, -0.2) is 66.8 Å². The zero-order chi connectivity index (χ0) is 19.9. The quantitative estimate of drug-likeness (QED) is 0.520. The van der Waals surface area contributed by atoms with Gasteiger partial charge in [-0.1, -0.05) is 6.07 Å². The molecule has 26 heavy (non-hydrogen) atoms. The molecule has 0 atom stereocenters. The predicted molar refractivity (Wildman–Crippen MR) is 97.5 cm³/mol. The molecule has 2 rings (SSSR count). The molecule has 5 N–H and O–H groups in total. The first-order valence-corrected chi connectivity index (χ1v) is 9.41. The fourth-order valence-electron chi connectivity index (χ4n) is 2.19. The Morgan fingerprint density at radius 2 is 1.77 bits per heavy atom. The summed E-state index contributed by atoms with van der Waals surface area (Å²) in [4.78, 5) is 23.6. The van der Waals surface area contributed by atoms with Gasteiger partial charge < -0.3 is 20.1 Å². The van der Waals surface area contributed by atoms with Crippen LogP contribution in [0.1, 0.15) is 11.1 Å². The molecule has 1 heterocycles. The van der Waals surface area contributed by atoms with Crippen LogP contribution in [0.2, 0.25) is 0 Å². The second kappa shape index (κ2) is 9.32. The van der Waals surface area contributed by atoms with Crippen LogP contribution in [0.4, 0.5) is 0 Å². The van der Waals surface area contributed by atoms with Crippen LogP contribution >= 0.6 is 0 Å². The molecule has 0 aliphatic rings. The van der Waals surface area contributed by atoms with Gasteiger partial charge in [0, 0.05) is 23.6 Å². The summed E-state index contributed by atoms with van der Waals surface area (Å²) >= 11 is 0. The van der Waals surface area contributed by atoms with Crippen LogP contribution in [-0.2, 0) is 32.5 Å². The van der Waals surface area contributed by atoms with Crippen LogP contribution in [0.3, 0.4) is 0 Å². The summed E-state index contributed by atoms with van der Waals surface area (Å²) in [6, 6.07) is 5.99. The van der Waals surface area contributed by atoms with E-state index < -0.39 is 22.0 Å². The first-order valence-electron chi connectivity index (χ1n) is 7.70. The zero-order valence-corrected chi connectivity index (χ0v) is 15.4. The Bertz CT molecular complexity index is 861. The summed E-state index contributed by atoms with van der Waals surface area (Å²) in [6.45, 7) is 0.981. The van der Waals surface area contributed by atoms with E-state index in [9.17, 15) is 8.42 Å². The second-order valence-electron chi connectivity index (χ2n) is 5.97. The smallest absolute Gasteiger partial charge is 0.414 e. The number of aromatic amines is 1. The van der Waals surface area contributed by atoms with E-state index in [0.717, 1.165) is 24.0 Å². The van der Waals surface area contributed by atoms with E-state index in [1.807, 2.05) is 32.4 Å². The number of aromatic nitrogens is 1. The molecule has 9 nitrogen and oxygen atoms in total. The van der Waals surface area contributed by atoms with Crippen molar-refractivity contribution in [1.82, 2.24) is 9.88 Å². The highest BCUT2D eigenvalue weighted by molar-refractivity contribution is 7.89. The van der Waals surface area contributed by atoms with E-state index in [4.69, 9.17) is 24.9 Å². The Morgan fingerprint density at radius 1 is 1.15 bits per heavy atom. The van der Waals surface area contributed by atoms with Gasteiger partial charge in [-0.2, -0.15) is 0 Å². The average molecular weight is 385 g/mol. The summed E-state index contributed by atoms with van der Waals surface area (Å²) in [5, 5.41) is 21.0. The first kappa shape index (κ1) is 21.6. The van der Waals surface area contributed by atoms with Gasteiger partial charge in [0.15, 0.2) is 0 Å². The number of hydrogen-bond donors (Lipinski definition) is 4. The molecule has 0 unspecified atom stereocenters. The Kier molecular flexibility index (Phi) is 7.75. The number of aliphatic carboxylic acids is 2. The van der Waals surface area contributed by atoms with Crippen molar-refractivity contribution in [3.63, 3.8) is 0 Å². The molecule has 0 saturated carbocycles. The number of nitrogens with two attached hydrogens (primary N) is 1. The summed E-state index contributed by atoms with van der Waals surface area (Å²) < 4.78 is 22.1. The molecule has 1 aromatic carbocycles. The van der Waals surface area contributed by atoms with Crippen LogP contribution in [0.5, 0.6) is 0 Å². The van der Waals surface area contributed by atoms with Crippen molar-refractivity contribution < 1.29 is 28.2 Å². The highest BCUT2D eigenvalue weighted by Crippen LogP contribution is 2.21. The molecule has 0 bridgehead atoms. The SMILES string of the molecule is CN(C)CCc1c[nH]c2ccc(CCS(N)(=O)=O)cc12.O=C(O)C(=O)O. The maximum Gasteiger partial charge on any atom is 0.414 e. The van der Waals surface area contributed by atoms with Crippen molar-refractivity contribution in [2.24, 2.45) is 5.14 Å². The van der Waals surface area contributed by atoms with Crippen LogP contribution in [0.25, 0.3) is 10.9 Å². The van der Waals surface area contributed by atoms with Gasteiger partial charge in [0.05, 0.1) is 5.75 Å². The fourth-order valence-corrected chi connectivity index (χ4v) is 2.71. The maximum absolute atomic E-state index is 11.0. The Balaban J connectivity index is 0.000000487. The number of H-pyrrole nitrogens is 1. The van der Waals surface area contributed by atoms with Crippen LogP contribution in [0, 0.1) is 0 Å². The molecule has 0 saturated heterocycles. The number of nitrogens with one attached hydrogen (secondary N) is 1. The van der Waals surface area contributed by atoms with Gasteiger partial charge in [-0.3, -0.25) is 0 Å². The van der Waals surface area contributed by atoms with Crippen LogP contribution < -0.4 is 5.14 Å².